The molecule has 0 bridgehead atoms. The minimum absolute atomic E-state index is 0.156. The lowest BCUT2D eigenvalue weighted by Gasteiger charge is -2.29. The van der Waals surface area contributed by atoms with Crippen molar-refractivity contribution >= 4 is 27.5 Å². The van der Waals surface area contributed by atoms with Crippen LogP contribution in [0.3, 0.4) is 0 Å². The van der Waals surface area contributed by atoms with E-state index < -0.39 is 0 Å². The van der Waals surface area contributed by atoms with Crippen LogP contribution in [0.4, 0.5) is 5.69 Å². The summed E-state index contributed by atoms with van der Waals surface area (Å²) in [7, 11) is 2.07. The summed E-state index contributed by atoms with van der Waals surface area (Å²) in [6, 6.07) is 5.81. The van der Waals surface area contributed by atoms with E-state index in [0.717, 1.165) is 28.2 Å². The second-order valence-corrected chi connectivity index (χ2v) is 6.45. The Balaban J connectivity index is 2.19. The topological polar surface area (TPSA) is 61.8 Å². The molecule has 1 aromatic carbocycles. The lowest BCUT2D eigenvalue weighted by Crippen LogP contribution is -2.29. The number of rotatable bonds is 4. The van der Waals surface area contributed by atoms with E-state index in [1.54, 1.807) is 0 Å². The van der Waals surface area contributed by atoms with E-state index in [-0.39, 0.29) is 5.84 Å². The Morgan fingerprint density at radius 2 is 2.10 bits per heavy atom. The fraction of sp³-hybridized carbons (Fsp3) is 0.533. The molecule has 5 heteroatoms. The van der Waals surface area contributed by atoms with Gasteiger partial charge in [0.25, 0.3) is 0 Å². The van der Waals surface area contributed by atoms with Gasteiger partial charge < -0.3 is 15.8 Å². The Hall–Kier alpha value is -1.23. The second-order valence-electron chi connectivity index (χ2n) is 5.53. The minimum atomic E-state index is 0.156. The number of anilines is 1. The number of hydrogen-bond acceptors (Lipinski definition) is 3. The van der Waals surface area contributed by atoms with Crippen molar-refractivity contribution < 1.29 is 5.21 Å². The summed E-state index contributed by atoms with van der Waals surface area (Å²) in [5, 5.41) is 12.0. The Labute approximate surface area is 128 Å². The van der Waals surface area contributed by atoms with E-state index in [2.05, 4.69) is 33.0 Å². The molecular formula is C15H22BrN3O. The molecule has 20 heavy (non-hydrogen) atoms. The number of halogens is 1. The number of nitrogens with two attached hydrogens (primary N) is 1. The summed E-state index contributed by atoms with van der Waals surface area (Å²) in [5.41, 5.74) is 7.55. The highest BCUT2D eigenvalue weighted by molar-refractivity contribution is 9.10. The van der Waals surface area contributed by atoms with Gasteiger partial charge in [-0.15, -0.1) is 0 Å². The molecule has 0 atom stereocenters. The first-order valence-corrected chi connectivity index (χ1v) is 7.89. The maximum atomic E-state index is 8.92. The summed E-state index contributed by atoms with van der Waals surface area (Å²) < 4.78 is 0.998. The third kappa shape index (κ3) is 3.66. The molecule has 1 aliphatic carbocycles. The zero-order chi connectivity index (χ0) is 14.5. The molecule has 0 radical (unpaired) electrons. The van der Waals surface area contributed by atoms with Gasteiger partial charge in [0.05, 0.1) is 0 Å². The predicted octanol–water partition coefficient (Wildman–Crippen LogP) is 3.56. The number of hydrogen-bond donors (Lipinski definition) is 2. The fourth-order valence-electron chi connectivity index (χ4n) is 2.95. The maximum absolute atomic E-state index is 8.92. The molecule has 0 heterocycles. The summed E-state index contributed by atoms with van der Waals surface area (Å²) in [6.07, 6.45) is 6.65. The Kier molecular flexibility index (Phi) is 5.29. The van der Waals surface area contributed by atoms with Crippen LogP contribution in [0.25, 0.3) is 0 Å². The van der Waals surface area contributed by atoms with Crippen molar-refractivity contribution in [2.45, 2.75) is 32.1 Å². The standard InChI is InChI=1S/C15H22BrN3O/c1-19(10-11-5-3-2-4-6-11)14-9-12(16)7-8-13(14)15(17)18-20/h7-9,11,20H,2-6,10H2,1H3,(H2,17,18). The van der Waals surface area contributed by atoms with Crippen molar-refractivity contribution in [3.63, 3.8) is 0 Å². The van der Waals surface area contributed by atoms with Gasteiger partial charge in [-0.2, -0.15) is 0 Å². The van der Waals surface area contributed by atoms with E-state index in [9.17, 15) is 0 Å². The monoisotopic (exact) mass is 339 g/mol. The van der Waals surface area contributed by atoms with Crippen LogP contribution < -0.4 is 10.6 Å². The van der Waals surface area contributed by atoms with Crippen molar-refractivity contribution in [1.82, 2.24) is 0 Å². The van der Waals surface area contributed by atoms with Gasteiger partial charge in [0, 0.05) is 29.3 Å². The molecule has 1 saturated carbocycles. The normalized spacial score (nSPS) is 17.2. The zero-order valence-electron chi connectivity index (χ0n) is 11.8. The Morgan fingerprint density at radius 3 is 2.75 bits per heavy atom. The molecular weight excluding hydrogens is 318 g/mol. The third-order valence-electron chi connectivity index (χ3n) is 4.01. The molecule has 0 amide bonds. The van der Waals surface area contributed by atoms with Crippen molar-refractivity contribution in [3.05, 3.63) is 28.2 Å². The summed E-state index contributed by atoms with van der Waals surface area (Å²) in [6.45, 7) is 1.02. The minimum Gasteiger partial charge on any atom is -0.409 e. The van der Waals surface area contributed by atoms with Crippen LogP contribution in [0.1, 0.15) is 37.7 Å². The van der Waals surface area contributed by atoms with Gasteiger partial charge in [0.1, 0.15) is 0 Å². The number of benzene rings is 1. The molecule has 0 saturated heterocycles. The van der Waals surface area contributed by atoms with E-state index >= 15 is 0 Å². The largest absolute Gasteiger partial charge is 0.409 e. The van der Waals surface area contributed by atoms with Crippen LogP contribution in [-0.4, -0.2) is 24.6 Å². The highest BCUT2D eigenvalue weighted by atomic mass is 79.9. The first-order chi connectivity index (χ1) is 9.61. The van der Waals surface area contributed by atoms with Crippen LogP contribution in [0.15, 0.2) is 27.8 Å². The van der Waals surface area contributed by atoms with Crippen molar-refractivity contribution in [2.24, 2.45) is 16.8 Å². The molecule has 3 N–H and O–H groups in total. The van der Waals surface area contributed by atoms with Gasteiger partial charge >= 0.3 is 0 Å². The number of oxime groups is 1. The van der Waals surface area contributed by atoms with E-state index in [1.807, 2.05) is 18.2 Å². The number of amidine groups is 1. The summed E-state index contributed by atoms with van der Waals surface area (Å²) in [5.74, 6) is 0.899. The van der Waals surface area contributed by atoms with E-state index in [1.165, 1.54) is 32.1 Å². The molecule has 1 aliphatic rings. The molecule has 1 fully saturated rings. The van der Waals surface area contributed by atoms with Crippen LogP contribution >= 0.6 is 15.9 Å². The molecule has 1 aromatic rings. The highest BCUT2D eigenvalue weighted by Gasteiger charge is 2.18. The Bertz CT molecular complexity index is 484. The van der Waals surface area contributed by atoms with Crippen molar-refractivity contribution in [3.8, 4) is 0 Å². The van der Waals surface area contributed by atoms with Crippen LogP contribution in [-0.2, 0) is 0 Å². The van der Waals surface area contributed by atoms with Crippen molar-refractivity contribution in [1.29, 1.82) is 0 Å². The molecule has 0 spiro atoms. The first kappa shape index (κ1) is 15.2. The van der Waals surface area contributed by atoms with E-state index in [0.29, 0.717) is 0 Å². The summed E-state index contributed by atoms with van der Waals surface area (Å²) in [4.78, 5) is 2.22. The average Bonchev–Trinajstić information content (AvgIpc) is 2.47. The van der Waals surface area contributed by atoms with Crippen LogP contribution in [0.5, 0.6) is 0 Å². The predicted molar refractivity (Wildman–Crippen MR) is 86.5 cm³/mol. The van der Waals surface area contributed by atoms with E-state index in [4.69, 9.17) is 10.9 Å². The van der Waals surface area contributed by atoms with Crippen molar-refractivity contribution in [2.75, 3.05) is 18.5 Å². The van der Waals surface area contributed by atoms with Crippen LogP contribution in [0, 0.1) is 5.92 Å². The van der Waals surface area contributed by atoms with Gasteiger partial charge in [0.15, 0.2) is 5.84 Å². The molecule has 0 aromatic heterocycles. The van der Waals surface area contributed by atoms with Gasteiger partial charge in [-0.25, -0.2) is 0 Å². The quantitative estimate of drug-likeness (QED) is 0.381. The van der Waals surface area contributed by atoms with Gasteiger partial charge in [-0.1, -0.05) is 40.3 Å². The summed E-state index contributed by atoms with van der Waals surface area (Å²) >= 11 is 3.49. The number of nitrogens with zero attached hydrogens (tertiary/aromatic N) is 2. The fourth-order valence-corrected chi connectivity index (χ4v) is 3.30. The average molecular weight is 340 g/mol. The Morgan fingerprint density at radius 1 is 1.40 bits per heavy atom. The molecule has 0 aliphatic heterocycles. The lowest BCUT2D eigenvalue weighted by atomic mass is 9.89. The SMILES string of the molecule is CN(CC1CCCCC1)c1cc(Br)ccc1/C(N)=N/O. The smallest absolute Gasteiger partial charge is 0.172 e. The molecule has 110 valence electrons. The lowest BCUT2D eigenvalue weighted by molar-refractivity contribution is 0.318. The van der Waals surface area contributed by atoms with Gasteiger partial charge in [-0.05, 0) is 37.0 Å². The second kappa shape index (κ2) is 6.97. The van der Waals surface area contributed by atoms with Crippen LogP contribution in [0.2, 0.25) is 0 Å². The first-order valence-electron chi connectivity index (χ1n) is 7.10. The maximum Gasteiger partial charge on any atom is 0.172 e. The van der Waals surface area contributed by atoms with Gasteiger partial charge in [-0.3, -0.25) is 0 Å². The third-order valence-corrected chi connectivity index (χ3v) is 4.50. The molecule has 0 unspecified atom stereocenters. The zero-order valence-corrected chi connectivity index (χ0v) is 13.4. The highest BCUT2D eigenvalue weighted by Crippen LogP contribution is 2.29. The molecule has 2 rings (SSSR count). The van der Waals surface area contributed by atoms with Gasteiger partial charge in [0.2, 0.25) is 0 Å². The molecule has 4 nitrogen and oxygen atoms in total.